The van der Waals surface area contributed by atoms with Gasteiger partial charge in [0.2, 0.25) is 11.8 Å². The number of aromatic nitrogens is 5. The van der Waals surface area contributed by atoms with Crippen LogP contribution in [0.15, 0.2) is 49.1 Å². The Kier molecular flexibility index (Phi) is 9.21. The summed E-state index contributed by atoms with van der Waals surface area (Å²) in [6, 6.07) is 8.91. The van der Waals surface area contributed by atoms with Gasteiger partial charge in [0.15, 0.2) is 18.1 Å². The number of pyridine rings is 1. The molecule has 8 rings (SSSR count). The molecule has 1 aliphatic carbocycles. The highest BCUT2D eigenvalue weighted by Gasteiger charge is 2.45. The third kappa shape index (κ3) is 6.72. The molecule has 2 saturated heterocycles. The Bertz CT molecular complexity index is 2190. The van der Waals surface area contributed by atoms with Crippen molar-refractivity contribution in [2.24, 2.45) is 5.92 Å². The summed E-state index contributed by atoms with van der Waals surface area (Å²) < 4.78 is 7.78. The molecule has 278 valence electrons. The van der Waals surface area contributed by atoms with Crippen LogP contribution in [0.4, 0.5) is 5.82 Å². The number of hydrogen-bond donors (Lipinski definition) is 3. The second-order valence-corrected chi connectivity index (χ2v) is 14.2. The number of imidazole rings is 1. The van der Waals surface area contributed by atoms with Crippen LogP contribution in [0.2, 0.25) is 0 Å². The number of rotatable bonds is 10. The first-order chi connectivity index (χ1) is 26.1. The van der Waals surface area contributed by atoms with E-state index in [1.165, 1.54) is 24.5 Å². The number of likely N-dealkylation sites (tertiary alicyclic amines) is 1. The van der Waals surface area contributed by atoms with Crippen molar-refractivity contribution < 1.29 is 33.5 Å². The zero-order valence-electron chi connectivity index (χ0n) is 29.5. The van der Waals surface area contributed by atoms with Crippen LogP contribution in [-0.4, -0.2) is 108 Å². The topological polar surface area (TPSA) is 211 Å². The van der Waals surface area contributed by atoms with Crippen LogP contribution in [-0.2, 0) is 14.4 Å². The van der Waals surface area contributed by atoms with Gasteiger partial charge in [-0.25, -0.2) is 19.9 Å². The number of anilines is 1. The van der Waals surface area contributed by atoms with Crippen LogP contribution in [0.3, 0.4) is 0 Å². The van der Waals surface area contributed by atoms with E-state index in [-0.39, 0.29) is 60.2 Å². The quantitative estimate of drug-likeness (QED) is 0.199. The van der Waals surface area contributed by atoms with Crippen molar-refractivity contribution in [2.45, 2.75) is 63.6 Å². The lowest BCUT2D eigenvalue weighted by Gasteiger charge is -2.36. The Morgan fingerprint density at radius 2 is 1.76 bits per heavy atom. The maximum atomic E-state index is 13.1. The van der Waals surface area contributed by atoms with Gasteiger partial charge in [0.05, 0.1) is 17.5 Å². The summed E-state index contributed by atoms with van der Waals surface area (Å²) in [5, 5.41) is 8.68. The van der Waals surface area contributed by atoms with Crippen LogP contribution in [0, 0.1) is 12.8 Å². The molecular weight excluding hydrogens is 696 g/mol. The summed E-state index contributed by atoms with van der Waals surface area (Å²) in [6.45, 7) is 3.38. The number of imide groups is 2. The molecule has 1 aromatic carbocycles. The van der Waals surface area contributed by atoms with E-state index in [0.717, 1.165) is 41.9 Å². The van der Waals surface area contributed by atoms with E-state index in [1.54, 1.807) is 17.3 Å². The molecule has 3 aromatic heterocycles. The normalized spacial score (nSPS) is 21.5. The van der Waals surface area contributed by atoms with Gasteiger partial charge in [-0.05, 0) is 75.3 Å². The van der Waals surface area contributed by atoms with Crippen molar-refractivity contribution in [3.63, 3.8) is 0 Å². The minimum Gasteiger partial charge on any atom is -0.484 e. The van der Waals surface area contributed by atoms with Gasteiger partial charge < -0.3 is 24.8 Å². The van der Waals surface area contributed by atoms with Gasteiger partial charge in [-0.1, -0.05) is 6.07 Å². The highest BCUT2D eigenvalue weighted by atomic mass is 16.5. The molecule has 4 aromatic rings. The first-order valence-corrected chi connectivity index (χ1v) is 18.0. The summed E-state index contributed by atoms with van der Waals surface area (Å²) in [7, 11) is 0. The Morgan fingerprint density at radius 3 is 2.54 bits per heavy atom. The minimum atomic E-state index is -1.06. The number of hydrogen-bond acceptors (Lipinski definition) is 12. The Balaban J connectivity index is 0.794. The zero-order chi connectivity index (χ0) is 37.5. The molecule has 4 aliphatic rings. The number of carbonyl (C=O) groups is 6. The number of amides is 6. The predicted octanol–water partition coefficient (Wildman–Crippen LogP) is 1.79. The fraction of sp³-hybridized carbons (Fsp3) is 0.405. The maximum absolute atomic E-state index is 13.1. The first-order valence-electron chi connectivity index (χ1n) is 18.0. The second-order valence-electron chi connectivity index (χ2n) is 14.2. The van der Waals surface area contributed by atoms with Crippen molar-refractivity contribution in [1.82, 2.24) is 44.9 Å². The number of carbonyl (C=O) groups excluding carboxylic acids is 6. The number of aryl methyl sites for hydroxylation is 1. The van der Waals surface area contributed by atoms with Gasteiger partial charge in [0, 0.05) is 43.8 Å². The van der Waals surface area contributed by atoms with Gasteiger partial charge in [0.25, 0.3) is 23.6 Å². The molecule has 6 amide bonds. The fourth-order valence-corrected chi connectivity index (χ4v) is 7.51. The summed E-state index contributed by atoms with van der Waals surface area (Å²) >= 11 is 0. The van der Waals surface area contributed by atoms with E-state index in [0.29, 0.717) is 42.6 Å². The van der Waals surface area contributed by atoms with Crippen molar-refractivity contribution in [2.75, 3.05) is 31.6 Å². The van der Waals surface area contributed by atoms with E-state index in [1.807, 2.05) is 23.6 Å². The van der Waals surface area contributed by atoms with Gasteiger partial charge in [0.1, 0.15) is 29.3 Å². The average Bonchev–Trinajstić information content (AvgIpc) is 3.69. The van der Waals surface area contributed by atoms with Gasteiger partial charge in [-0.2, -0.15) is 0 Å². The third-order valence-electron chi connectivity index (χ3n) is 10.6. The van der Waals surface area contributed by atoms with Crippen LogP contribution >= 0.6 is 0 Å². The lowest BCUT2D eigenvalue weighted by Crippen LogP contribution is -2.54. The van der Waals surface area contributed by atoms with E-state index in [9.17, 15) is 28.8 Å². The number of nitrogens with one attached hydrogen (secondary N) is 3. The van der Waals surface area contributed by atoms with E-state index < -0.39 is 29.7 Å². The van der Waals surface area contributed by atoms with Gasteiger partial charge in [-0.3, -0.25) is 39.0 Å². The molecule has 3 aliphatic heterocycles. The fourth-order valence-electron chi connectivity index (χ4n) is 7.51. The van der Waals surface area contributed by atoms with Crippen LogP contribution in [0.1, 0.15) is 81.5 Å². The van der Waals surface area contributed by atoms with Crippen LogP contribution in [0.5, 0.6) is 5.75 Å². The standard InChI is InChI=1S/C37H38N10O7/c1-20-3-2-4-27(42-20)34(50)43-22-13-23(14-22)46-19-41-31-32(39-18-40-33(31)46)38-16-21-9-11-45(12-10-21)30(49)17-54-24-5-6-25-26(15-24)37(53)47(36(25)52)28-7-8-29(48)44-35(28)51/h2-6,15,18-19,21-23,28H,7-14,16-17H2,1H3,(H,43,50)(H,38,39,40)(H,44,48,51). The number of nitrogens with zero attached hydrogens (tertiary/aromatic N) is 7. The summed E-state index contributed by atoms with van der Waals surface area (Å²) in [5.74, 6) is -1.53. The lowest BCUT2D eigenvalue weighted by molar-refractivity contribution is -0.136. The maximum Gasteiger partial charge on any atom is 0.270 e. The van der Waals surface area contributed by atoms with Gasteiger partial charge >= 0.3 is 0 Å². The molecule has 0 radical (unpaired) electrons. The molecule has 0 spiro atoms. The molecule has 6 heterocycles. The summed E-state index contributed by atoms with van der Waals surface area (Å²) in [5.41, 5.74) is 2.85. The second kappa shape index (κ2) is 14.3. The molecule has 1 saturated carbocycles. The van der Waals surface area contributed by atoms with E-state index in [4.69, 9.17) is 4.74 Å². The average molecular weight is 735 g/mol. The number of ether oxygens (including phenoxy) is 1. The van der Waals surface area contributed by atoms with E-state index in [2.05, 4.69) is 35.9 Å². The molecule has 17 nitrogen and oxygen atoms in total. The Morgan fingerprint density at radius 1 is 0.963 bits per heavy atom. The zero-order valence-corrected chi connectivity index (χ0v) is 29.5. The smallest absolute Gasteiger partial charge is 0.270 e. The largest absolute Gasteiger partial charge is 0.484 e. The predicted molar refractivity (Wildman–Crippen MR) is 190 cm³/mol. The SMILES string of the molecule is Cc1cccc(C(=O)NC2CC(n3cnc4c(NCC5CCN(C(=O)COc6ccc7c(c6)C(=O)N(C6CCC(=O)NC6=O)C7=O)CC5)ncnc43)C2)n1. The van der Waals surface area contributed by atoms with Crippen molar-refractivity contribution in [3.05, 3.63) is 71.6 Å². The molecule has 3 fully saturated rings. The summed E-state index contributed by atoms with van der Waals surface area (Å²) in [4.78, 5) is 96.1. The van der Waals surface area contributed by atoms with Crippen LogP contribution < -0.4 is 20.7 Å². The molecule has 3 N–H and O–H groups in total. The van der Waals surface area contributed by atoms with E-state index >= 15 is 0 Å². The van der Waals surface area contributed by atoms with Gasteiger partial charge in [-0.15, -0.1) is 0 Å². The highest BCUT2D eigenvalue weighted by molar-refractivity contribution is 6.23. The Labute approximate surface area is 308 Å². The summed E-state index contributed by atoms with van der Waals surface area (Å²) in [6.07, 6.45) is 6.48. The molecule has 1 unspecified atom stereocenters. The molecule has 1 atom stereocenters. The monoisotopic (exact) mass is 734 g/mol. The van der Waals surface area contributed by atoms with Crippen molar-refractivity contribution in [1.29, 1.82) is 0 Å². The molecular formula is C37H38N10O7. The van der Waals surface area contributed by atoms with Crippen LogP contribution in [0.25, 0.3) is 11.2 Å². The number of piperidine rings is 2. The third-order valence-corrected chi connectivity index (χ3v) is 10.6. The highest BCUT2D eigenvalue weighted by Crippen LogP contribution is 2.35. The molecule has 17 heteroatoms. The van der Waals surface area contributed by atoms with Crippen molar-refractivity contribution >= 4 is 52.4 Å². The molecule has 54 heavy (non-hydrogen) atoms. The van der Waals surface area contributed by atoms with Crippen molar-refractivity contribution in [3.8, 4) is 5.75 Å². The minimum absolute atomic E-state index is 0.0339. The molecule has 0 bridgehead atoms. The number of benzene rings is 1. The Hall–Kier alpha value is -6.26. The first kappa shape index (κ1) is 34.8. The number of fused-ring (bicyclic) bond motifs is 2. The lowest BCUT2D eigenvalue weighted by atomic mass is 9.86.